The molecule has 0 aliphatic carbocycles. The number of nitrogens with zero attached hydrogens (tertiary/aromatic N) is 5. The van der Waals surface area contributed by atoms with Crippen molar-refractivity contribution in [1.29, 1.82) is 0 Å². The summed E-state index contributed by atoms with van der Waals surface area (Å²) in [6.45, 7) is 5.96. The van der Waals surface area contributed by atoms with Crippen LogP contribution in [0, 0.1) is 0 Å². The fraction of sp³-hybridized carbons (Fsp3) is 0.800. The van der Waals surface area contributed by atoms with Gasteiger partial charge >= 0.3 is 0 Å². The van der Waals surface area contributed by atoms with E-state index in [1.165, 1.54) is 0 Å². The van der Waals surface area contributed by atoms with Crippen molar-refractivity contribution in [2.24, 2.45) is 0 Å². The largest absolute Gasteiger partial charge is 0.394 e. The number of hydrogen-bond donors (Lipinski definition) is 1. The normalized spacial score (nSPS) is 18.8. The Balaban J connectivity index is 2.27. The van der Waals surface area contributed by atoms with Gasteiger partial charge in [-0.3, -0.25) is 0 Å². The fourth-order valence-corrected chi connectivity index (χ4v) is 3.15. The molecule has 9 heteroatoms. The average Bonchev–Trinajstić information content (AvgIpc) is 2.58. The number of alkyl halides is 1. The number of aliphatic hydroxyl groups is 1. The second-order valence-electron chi connectivity index (χ2n) is 6.47. The van der Waals surface area contributed by atoms with Crippen LogP contribution in [0.4, 0.5) is 11.9 Å². The van der Waals surface area contributed by atoms with E-state index in [1.54, 1.807) is 0 Å². The van der Waals surface area contributed by atoms with Crippen LogP contribution >= 0.6 is 34.2 Å². The number of aromatic nitrogens is 3. The van der Waals surface area contributed by atoms with Gasteiger partial charge in [-0.25, -0.2) is 0 Å². The van der Waals surface area contributed by atoms with Crippen molar-refractivity contribution in [3.05, 3.63) is 5.28 Å². The summed E-state index contributed by atoms with van der Waals surface area (Å²) >= 11 is 8.54. The molecule has 0 unspecified atom stereocenters. The first kappa shape index (κ1) is 19.9. The van der Waals surface area contributed by atoms with Gasteiger partial charge in [0.25, 0.3) is 0 Å². The molecule has 2 rings (SSSR count). The molecule has 0 aromatic carbocycles. The monoisotopic (exact) mass is 469 g/mol. The molecule has 2 heterocycles. The first-order valence-electron chi connectivity index (χ1n) is 8.05. The van der Waals surface area contributed by atoms with Crippen LogP contribution < -0.4 is 9.80 Å². The van der Waals surface area contributed by atoms with E-state index in [1.807, 2.05) is 16.8 Å². The van der Waals surface area contributed by atoms with E-state index in [9.17, 15) is 5.11 Å². The van der Waals surface area contributed by atoms with Crippen molar-refractivity contribution in [2.75, 3.05) is 47.6 Å². The van der Waals surface area contributed by atoms with Crippen LogP contribution in [-0.2, 0) is 4.74 Å². The van der Waals surface area contributed by atoms with Crippen LogP contribution in [0.25, 0.3) is 0 Å². The first-order valence-corrected chi connectivity index (χ1v) is 9.96. The van der Waals surface area contributed by atoms with Crippen LogP contribution in [0.3, 0.4) is 0 Å². The van der Waals surface area contributed by atoms with Crippen LogP contribution in [0.2, 0.25) is 5.28 Å². The third-order valence-corrected chi connectivity index (χ3v) is 5.34. The molecular formula is C15H25ClIN5O2. The first-order chi connectivity index (χ1) is 11.4. The van der Waals surface area contributed by atoms with E-state index < -0.39 is 0 Å². The molecule has 0 radical (unpaired) electrons. The standard InChI is InChI=1S/C15H25ClIN5O2/c1-15(2,5-4-6-17)21(3)13-18-12(16)19-14(20-13)22-7-8-24-10-11(22)9-23/h11,23H,4-10H2,1-3H3/t11-/m1/s1. The van der Waals surface area contributed by atoms with Gasteiger partial charge in [-0.15, -0.1) is 0 Å². The predicted octanol–water partition coefficient (Wildman–Crippen LogP) is 2.15. The zero-order chi connectivity index (χ0) is 17.7. The molecule has 24 heavy (non-hydrogen) atoms. The molecule has 0 spiro atoms. The van der Waals surface area contributed by atoms with Gasteiger partial charge in [0, 0.05) is 19.1 Å². The second kappa shape index (κ2) is 8.77. The highest BCUT2D eigenvalue weighted by atomic mass is 127. The summed E-state index contributed by atoms with van der Waals surface area (Å²) in [4.78, 5) is 17.1. The van der Waals surface area contributed by atoms with Crippen molar-refractivity contribution >= 4 is 46.1 Å². The van der Waals surface area contributed by atoms with Gasteiger partial charge in [-0.1, -0.05) is 22.6 Å². The minimum Gasteiger partial charge on any atom is -0.394 e. The molecule has 1 N–H and O–H groups in total. The van der Waals surface area contributed by atoms with Crippen molar-refractivity contribution in [2.45, 2.75) is 38.3 Å². The highest BCUT2D eigenvalue weighted by Gasteiger charge is 2.29. The lowest BCUT2D eigenvalue weighted by molar-refractivity contribution is 0.0718. The fourth-order valence-electron chi connectivity index (χ4n) is 2.62. The zero-order valence-electron chi connectivity index (χ0n) is 14.4. The number of rotatable bonds is 7. The maximum atomic E-state index is 9.56. The Kier molecular flexibility index (Phi) is 7.26. The molecule has 7 nitrogen and oxygen atoms in total. The smallest absolute Gasteiger partial charge is 0.231 e. The van der Waals surface area contributed by atoms with E-state index in [2.05, 4.69) is 51.4 Å². The summed E-state index contributed by atoms with van der Waals surface area (Å²) in [5, 5.41) is 9.72. The Morgan fingerprint density at radius 3 is 2.83 bits per heavy atom. The maximum absolute atomic E-state index is 9.56. The Labute approximate surface area is 161 Å². The van der Waals surface area contributed by atoms with E-state index in [-0.39, 0.29) is 23.5 Å². The van der Waals surface area contributed by atoms with Crippen LogP contribution in [-0.4, -0.2) is 69.5 Å². The number of halogens is 2. The summed E-state index contributed by atoms with van der Waals surface area (Å²) in [5.41, 5.74) is -0.0888. The summed E-state index contributed by atoms with van der Waals surface area (Å²) in [7, 11) is 1.98. The maximum Gasteiger partial charge on any atom is 0.231 e. The molecule has 0 saturated carbocycles. The lowest BCUT2D eigenvalue weighted by Gasteiger charge is -2.37. The van der Waals surface area contributed by atoms with Crippen molar-refractivity contribution in [3.63, 3.8) is 0 Å². The molecule has 1 aliphatic heterocycles. The quantitative estimate of drug-likeness (QED) is 0.484. The van der Waals surface area contributed by atoms with Gasteiger partial charge in [-0.2, -0.15) is 15.0 Å². The van der Waals surface area contributed by atoms with Gasteiger partial charge in [-0.05, 0) is 42.7 Å². The minimum absolute atomic E-state index is 0.0182. The van der Waals surface area contributed by atoms with Crippen LogP contribution in [0.1, 0.15) is 26.7 Å². The van der Waals surface area contributed by atoms with Gasteiger partial charge in [0.05, 0.1) is 25.9 Å². The molecule has 1 aromatic rings. The third-order valence-electron chi connectivity index (χ3n) is 4.41. The van der Waals surface area contributed by atoms with Crippen LogP contribution in [0.15, 0.2) is 0 Å². The Morgan fingerprint density at radius 1 is 1.42 bits per heavy atom. The molecular weight excluding hydrogens is 445 g/mol. The molecule has 1 saturated heterocycles. The molecule has 1 aromatic heterocycles. The Bertz CT molecular complexity index is 549. The Morgan fingerprint density at radius 2 is 2.17 bits per heavy atom. The summed E-state index contributed by atoms with van der Waals surface area (Å²) < 4.78 is 6.53. The summed E-state index contributed by atoms with van der Waals surface area (Å²) in [6.07, 6.45) is 2.15. The molecule has 1 atom stereocenters. The van der Waals surface area contributed by atoms with Crippen molar-refractivity contribution in [1.82, 2.24) is 15.0 Å². The number of ether oxygens (including phenoxy) is 1. The molecule has 1 fully saturated rings. The zero-order valence-corrected chi connectivity index (χ0v) is 17.3. The van der Waals surface area contributed by atoms with E-state index in [0.29, 0.717) is 31.7 Å². The summed E-state index contributed by atoms with van der Waals surface area (Å²) in [5.74, 6) is 1.04. The number of hydrogen-bond acceptors (Lipinski definition) is 7. The van der Waals surface area contributed by atoms with Crippen molar-refractivity contribution < 1.29 is 9.84 Å². The van der Waals surface area contributed by atoms with Gasteiger partial charge in [0.2, 0.25) is 17.2 Å². The molecule has 0 bridgehead atoms. The number of aliphatic hydroxyl groups excluding tert-OH is 1. The summed E-state index contributed by atoms with van der Waals surface area (Å²) in [6, 6.07) is -0.164. The third kappa shape index (κ3) is 4.80. The van der Waals surface area contributed by atoms with E-state index in [4.69, 9.17) is 16.3 Å². The highest BCUT2D eigenvalue weighted by Crippen LogP contribution is 2.26. The van der Waals surface area contributed by atoms with Gasteiger partial charge in [0.1, 0.15) is 0 Å². The van der Waals surface area contributed by atoms with E-state index >= 15 is 0 Å². The lowest BCUT2D eigenvalue weighted by Crippen LogP contribution is -2.49. The second-order valence-corrected chi connectivity index (χ2v) is 7.89. The molecule has 136 valence electrons. The number of morpholine rings is 1. The average molecular weight is 470 g/mol. The minimum atomic E-state index is -0.164. The lowest BCUT2D eigenvalue weighted by atomic mass is 9.97. The topological polar surface area (TPSA) is 74.6 Å². The van der Waals surface area contributed by atoms with Gasteiger partial charge in [0.15, 0.2) is 0 Å². The molecule has 1 aliphatic rings. The highest BCUT2D eigenvalue weighted by molar-refractivity contribution is 14.1. The van der Waals surface area contributed by atoms with Gasteiger partial charge < -0.3 is 19.6 Å². The molecule has 0 amide bonds. The van der Waals surface area contributed by atoms with E-state index in [0.717, 1.165) is 17.3 Å². The van der Waals surface area contributed by atoms with Crippen LogP contribution in [0.5, 0.6) is 0 Å². The number of anilines is 2. The van der Waals surface area contributed by atoms with Crippen molar-refractivity contribution in [3.8, 4) is 0 Å². The predicted molar refractivity (Wildman–Crippen MR) is 104 cm³/mol. The Hall–Kier alpha value is -0.450. The SMILES string of the molecule is CN(c1nc(Cl)nc(N2CCOC[C@H]2CO)n1)C(C)(C)CCCI.